The molecule has 2 N–H and O–H groups in total. The summed E-state index contributed by atoms with van der Waals surface area (Å²) < 4.78 is 0. The van der Waals surface area contributed by atoms with Crippen molar-refractivity contribution in [3.63, 3.8) is 0 Å². The van der Waals surface area contributed by atoms with E-state index in [0.717, 1.165) is 10.6 Å². The first-order valence-electron chi connectivity index (χ1n) is 4.85. The normalized spacial score (nSPS) is 9.75. The van der Waals surface area contributed by atoms with E-state index in [4.69, 9.17) is 5.11 Å². The average Bonchev–Trinajstić information content (AvgIpc) is 2.25. The molecule has 1 amide bonds. The highest BCUT2D eigenvalue weighted by molar-refractivity contribution is 7.99. The molecule has 0 aliphatic carbocycles. The van der Waals surface area contributed by atoms with Gasteiger partial charge < -0.3 is 10.4 Å². The van der Waals surface area contributed by atoms with Crippen molar-refractivity contribution in [1.29, 1.82) is 0 Å². The highest BCUT2D eigenvalue weighted by Gasteiger charge is 2.05. The fourth-order valence-electron chi connectivity index (χ4n) is 1.08. The van der Waals surface area contributed by atoms with Gasteiger partial charge in [-0.25, -0.2) is 0 Å². The summed E-state index contributed by atoms with van der Waals surface area (Å²) in [5.74, 6) is -0.815. The van der Waals surface area contributed by atoms with Crippen LogP contribution in [0.25, 0.3) is 0 Å². The maximum Gasteiger partial charge on any atom is 0.312 e. The number of nitrogens with one attached hydrogen (secondary N) is 1. The van der Waals surface area contributed by atoms with E-state index in [1.165, 1.54) is 0 Å². The molecule has 0 bridgehead atoms. The largest absolute Gasteiger partial charge is 0.481 e. The average molecular weight is 239 g/mol. The van der Waals surface area contributed by atoms with E-state index >= 15 is 0 Å². The van der Waals surface area contributed by atoms with Crippen LogP contribution in [0.4, 0.5) is 0 Å². The Morgan fingerprint density at radius 2 is 1.94 bits per heavy atom. The van der Waals surface area contributed by atoms with Gasteiger partial charge >= 0.3 is 5.97 Å². The van der Waals surface area contributed by atoms with E-state index in [9.17, 15) is 9.59 Å². The third kappa shape index (κ3) is 5.41. The summed E-state index contributed by atoms with van der Waals surface area (Å²) in [6.45, 7) is 0.478. The van der Waals surface area contributed by atoms with Crippen molar-refractivity contribution >= 4 is 23.6 Å². The van der Waals surface area contributed by atoms with Crippen LogP contribution in [0.3, 0.4) is 0 Å². The van der Waals surface area contributed by atoms with Crippen LogP contribution in [0.15, 0.2) is 35.2 Å². The summed E-state index contributed by atoms with van der Waals surface area (Å²) in [7, 11) is 0. The van der Waals surface area contributed by atoms with Crippen LogP contribution in [0.5, 0.6) is 0 Å². The van der Waals surface area contributed by atoms with Crippen LogP contribution >= 0.6 is 11.8 Å². The molecule has 0 aliphatic heterocycles. The molecule has 0 aromatic heterocycles. The lowest BCUT2D eigenvalue weighted by Crippen LogP contribution is -2.27. The molecule has 0 heterocycles. The molecule has 0 radical (unpaired) electrons. The number of carbonyl (C=O) groups is 2. The Morgan fingerprint density at radius 1 is 1.25 bits per heavy atom. The Hall–Kier alpha value is -1.49. The van der Waals surface area contributed by atoms with Gasteiger partial charge in [-0.1, -0.05) is 18.2 Å². The Balaban J connectivity index is 2.13. The molecule has 0 unspecified atom stereocenters. The number of carboxylic acids is 1. The lowest BCUT2D eigenvalue weighted by molar-refractivity contribution is -0.140. The fourth-order valence-corrected chi connectivity index (χ4v) is 1.87. The second kappa shape index (κ2) is 6.90. The number of carbonyl (C=O) groups excluding carboxylic acids is 1. The number of benzene rings is 1. The summed E-state index contributed by atoms with van der Waals surface area (Å²) in [4.78, 5) is 22.3. The molecule has 0 aliphatic rings. The Morgan fingerprint density at radius 3 is 2.56 bits per heavy atom. The van der Waals surface area contributed by atoms with Crippen LogP contribution < -0.4 is 5.32 Å². The van der Waals surface area contributed by atoms with Crippen LogP contribution in [-0.2, 0) is 9.59 Å². The van der Waals surface area contributed by atoms with Gasteiger partial charge in [0.05, 0.1) is 0 Å². The fraction of sp³-hybridized carbons (Fsp3) is 0.273. The Bertz CT molecular complexity index is 354. The summed E-state index contributed by atoms with van der Waals surface area (Å²) in [5.41, 5.74) is 0. The van der Waals surface area contributed by atoms with E-state index in [1.54, 1.807) is 11.8 Å². The topological polar surface area (TPSA) is 66.4 Å². The summed E-state index contributed by atoms with van der Waals surface area (Å²) >= 11 is 1.62. The quantitative estimate of drug-likeness (QED) is 0.447. The molecule has 16 heavy (non-hydrogen) atoms. The predicted octanol–water partition coefficient (Wildman–Crippen LogP) is 1.37. The Labute approximate surface area is 98.0 Å². The monoisotopic (exact) mass is 239 g/mol. The molecule has 0 saturated carbocycles. The van der Waals surface area contributed by atoms with Gasteiger partial charge in [0.15, 0.2) is 0 Å². The first-order chi connectivity index (χ1) is 7.68. The molecule has 86 valence electrons. The van der Waals surface area contributed by atoms with Gasteiger partial charge in [0.1, 0.15) is 6.42 Å². The van der Waals surface area contributed by atoms with Crippen molar-refractivity contribution in [2.24, 2.45) is 0 Å². The number of carboxylic acid groups (broad SMARTS) is 1. The molecule has 1 aromatic carbocycles. The maximum atomic E-state index is 11.0. The van der Waals surface area contributed by atoms with Crippen molar-refractivity contribution in [1.82, 2.24) is 5.32 Å². The van der Waals surface area contributed by atoms with Gasteiger partial charge in [0.25, 0.3) is 0 Å². The number of hydrogen-bond acceptors (Lipinski definition) is 3. The van der Waals surface area contributed by atoms with E-state index in [1.807, 2.05) is 30.3 Å². The molecule has 0 saturated heterocycles. The summed E-state index contributed by atoms with van der Waals surface area (Å²) in [6.07, 6.45) is -0.462. The second-order valence-electron chi connectivity index (χ2n) is 3.08. The minimum atomic E-state index is -1.10. The number of hydrogen-bond donors (Lipinski definition) is 2. The second-order valence-corrected chi connectivity index (χ2v) is 4.25. The summed E-state index contributed by atoms with van der Waals surface area (Å²) in [5, 5.41) is 10.9. The van der Waals surface area contributed by atoms with Crippen molar-refractivity contribution < 1.29 is 14.7 Å². The summed E-state index contributed by atoms with van der Waals surface area (Å²) in [6, 6.07) is 9.82. The molecule has 0 spiro atoms. The third-order valence-corrected chi connectivity index (χ3v) is 2.76. The molecule has 4 nitrogen and oxygen atoms in total. The van der Waals surface area contributed by atoms with Crippen molar-refractivity contribution in [3.05, 3.63) is 30.3 Å². The van der Waals surface area contributed by atoms with Crippen molar-refractivity contribution in [2.45, 2.75) is 11.3 Å². The van der Waals surface area contributed by atoms with Crippen LogP contribution in [-0.4, -0.2) is 29.3 Å². The SMILES string of the molecule is O=C(O)CC(=O)NCCSc1ccccc1. The van der Waals surface area contributed by atoms with E-state index in [0.29, 0.717) is 6.54 Å². The molecule has 5 heteroatoms. The number of amides is 1. The maximum absolute atomic E-state index is 11.0. The molecule has 0 fully saturated rings. The van der Waals surface area contributed by atoms with Crippen LogP contribution in [0, 0.1) is 0 Å². The molecular formula is C11H13NO3S. The first kappa shape index (κ1) is 12.6. The number of thioether (sulfide) groups is 1. The predicted molar refractivity (Wildman–Crippen MR) is 62.4 cm³/mol. The van der Waals surface area contributed by atoms with E-state index in [2.05, 4.69) is 5.32 Å². The molecule has 1 aromatic rings. The highest BCUT2D eigenvalue weighted by Crippen LogP contribution is 2.15. The highest BCUT2D eigenvalue weighted by atomic mass is 32.2. The zero-order chi connectivity index (χ0) is 11.8. The Kier molecular flexibility index (Phi) is 5.42. The third-order valence-electron chi connectivity index (χ3n) is 1.75. The van der Waals surface area contributed by atoms with Gasteiger partial charge in [-0.2, -0.15) is 0 Å². The minimum absolute atomic E-state index is 0.443. The van der Waals surface area contributed by atoms with Crippen molar-refractivity contribution in [2.75, 3.05) is 12.3 Å². The molecule has 0 atom stereocenters. The van der Waals surface area contributed by atoms with Crippen molar-refractivity contribution in [3.8, 4) is 0 Å². The smallest absolute Gasteiger partial charge is 0.312 e. The molecular weight excluding hydrogens is 226 g/mol. The van der Waals surface area contributed by atoms with Gasteiger partial charge in [0.2, 0.25) is 5.91 Å². The number of rotatable bonds is 6. The van der Waals surface area contributed by atoms with E-state index < -0.39 is 18.3 Å². The lowest BCUT2D eigenvalue weighted by atomic mass is 10.4. The zero-order valence-electron chi connectivity index (χ0n) is 8.68. The van der Waals surface area contributed by atoms with Gasteiger partial charge in [0, 0.05) is 17.2 Å². The van der Waals surface area contributed by atoms with Crippen LogP contribution in [0.1, 0.15) is 6.42 Å². The van der Waals surface area contributed by atoms with Crippen LogP contribution in [0.2, 0.25) is 0 Å². The van der Waals surface area contributed by atoms with Gasteiger partial charge in [-0.05, 0) is 12.1 Å². The minimum Gasteiger partial charge on any atom is -0.481 e. The first-order valence-corrected chi connectivity index (χ1v) is 5.83. The van der Waals surface area contributed by atoms with Gasteiger partial charge in [-0.15, -0.1) is 11.8 Å². The lowest BCUT2D eigenvalue weighted by Gasteiger charge is -2.03. The zero-order valence-corrected chi connectivity index (χ0v) is 9.50. The van der Waals surface area contributed by atoms with Gasteiger partial charge in [-0.3, -0.25) is 9.59 Å². The molecule has 1 rings (SSSR count). The standard InChI is InChI=1S/C11H13NO3S/c13-10(8-11(14)15)12-6-7-16-9-4-2-1-3-5-9/h1-5H,6-8H2,(H,12,13)(H,14,15). The van der Waals surface area contributed by atoms with E-state index in [-0.39, 0.29) is 0 Å². The number of aliphatic carboxylic acids is 1.